The van der Waals surface area contributed by atoms with Gasteiger partial charge in [-0.05, 0) is 25.1 Å². The van der Waals surface area contributed by atoms with Gasteiger partial charge in [0.2, 0.25) is 5.82 Å². The minimum absolute atomic E-state index is 0.0556. The topological polar surface area (TPSA) is 120 Å². The van der Waals surface area contributed by atoms with Gasteiger partial charge in [-0.25, -0.2) is 19.8 Å². The maximum Gasteiger partial charge on any atom is 0.419 e. The Hall–Kier alpha value is -3.18. The van der Waals surface area contributed by atoms with Crippen LogP contribution in [0.1, 0.15) is 18.1 Å². The second-order valence-electron chi connectivity index (χ2n) is 5.94. The van der Waals surface area contributed by atoms with Crippen molar-refractivity contribution >= 4 is 40.6 Å². The Bertz CT molecular complexity index is 1170. The van der Waals surface area contributed by atoms with Gasteiger partial charge >= 0.3 is 12.2 Å². The number of primary amides is 1. The smallest absolute Gasteiger partial charge is 0.308 e. The van der Waals surface area contributed by atoms with Gasteiger partial charge in [0.05, 0.1) is 27.2 Å². The van der Waals surface area contributed by atoms with Gasteiger partial charge in [0.25, 0.3) is 5.56 Å². The number of hydrogen-bond donors (Lipinski definition) is 4. The number of halogens is 4. The molecule has 0 fully saturated rings. The predicted molar refractivity (Wildman–Crippen MR) is 100 cm³/mol. The third-order valence-corrected chi connectivity index (χ3v) is 4.41. The van der Waals surface area contributed by atoms with Crippen LogP contribution in [0.5, 0.6) is 0 Å². The summed E-state index contributed by atoms with van der Waals surface area (Å²) in [6, 6.07) is 2.62. The third kappa shape index (κ3) is 3.87. The first kappa shape index (κ1) is 20.6. The summed E-state index contributed by atoms with van der Waals surface area (Å²) in [5.74, 6) is 0.138. The molecule has 152 valence electrons. The van der Waals surface area contributed by atoms with E-state index >= 15 is 0 Å². The Kier molecular flexibility index (Phi) is 5.44. The van der Waals surface area contributed by atoms with Gasteiger partial charge in [0, 0.05) is 19.0 Å². The van der Waals surface area contributed by atoms with Gasteiger partial charge in [0.1, 0.15) is 5.56 Å². The molecule has 2 amide bonds. The number of rotatable bonds is 4. The molecule has 8 nitrogen and oxygen atoms in total. The Balaban J connectivity index is 2.17. The van der Waals surface area contributed by atoms with Crippen LogP contribution in [0.3, 0.4) is 0 Å². The lowest BCUT2D eigenvalue weighted by molar-refractivity contribution is -0.469. The Morgan fingerprint density at radius 1 is 1.45 bits per heavy atom. The summed E-state index contributed by atoms with van der Waals surface area (Å²) in [6.07, 6.45) is -2.59. The highest BCUT2D eigenvalue weighted by Gasteiger charge is 2.33. The molecule has 0 unspecified atom stereocenters. The van der Waals surface area contributed by atoms with E-state index in [2.05, 4.69) is 15.4 Å². The standard InChI is InChI=1S/C17H14ClF3N6O2/c1-2-23-16(29)25-14-9(6-22)13-10(7-24-14)15(28)27(26-13)8-3-4-12(18)11(5-8)17(19,20)21/h3-7,22,26H,2H2,1H3,(H2,23,24,25,29)/p+1. The summed E-state index contributed by atoms with van der Waals surface area (Å²) < 4.78 is 40.3. The van der Waals surface area contributed by atoms with Gasteiger partial charge < -0.3 is 10.7 Å². The van der Waals surface area contributed by atoms with Crippen LogP contribution in [-0.2, 0) is 6.18 Å². The Morgan fingerprint density at radius 2 is 2.17 bits per heavy atom. The fraction of sp³-hybridized carbons (Fsp3) is 0.176. The molecule has 3 rings (SSSR count). The molecule has 0 radical (unpaired) electrons. The monoisotopic (exact) mass is 427 g/mol. The van der Waals surface area contributed by atoms with Crippen molar-refractivity contribution in [3.05, 3.63) is 50.9 Å². The van der Waals surface area contributed by atoms with Crippen LogP contribution in [0, 0.1) is 5.41 Å². The van der Waals surface area contributed by atoms with E-state index in [1.165, 1.54) is 17.6 Å². The number of aromatic amines is 1. The maximum absolute atomic E-state index is 13.1. The highest BCUT2D eigenvalue weighted by molar-refractivity contribution is 6.31. The molecule has 3 aromatic rings. The molecular formula is C17H15ClF3N6O2+. The zero-order valence-electron chi connectivity index (χ0n) is 14.9. The summed E-state index contributed by atoms with van der Waals surface area (Å²) >= 11 is 5.63. The molecule has 0 aliphatic rings. The van der Waals surface area contributed by atoms with Gasteiger partial charge in [0.15, 0.2) is 0 Å². The van der Waals surface area contributed by atoms with Crippen LogP contribution in [0.25, 0.3) is 16.6 Å². The minimum Gasteiger partial charge on any atom is -0.308 e. The van der Waals surface area contributed by atoms with Crippen molar-refractivity contribution < 1.29 is 23.3 Å². The first-order chi connectivity index (χ1) is 13.7. The number of nitrogens with two attached hydrogens (primary N) is 1. The van der Waals surface area contributed by atoms with Crippen molar-refractivity contribution in [3.63, 3.8) is 0 Å². The predicted octanol–water partition coefficient (Wildman–Crippen LogP) is 2.31. The fourth-order valence-electron chi connectivity index (χ4n) is 2.77. The van der Waals surface area contributed by atoms with Crippen molar-refractivity contribution in [1.29, 1.82) is 5.41 Å². The van der Waals surface area contributed by atoms with Crippen LogP contribution in [0.2, 0.25) is 5.02 Å². The molecule has 1 aromatic carbocycles. The number of carbonyl (C=O) groups is 1. The van der Waals surface area contributed by atoms with E-state index < -0.39 is 28.4 Å². The SMILES string of the molecule is CCNC(=O)[NH2+]c1ncc2c(=O)n(-c3ccc(Cl)c(C(F)(F)F)c3)[nH]c2c1C=N. The van der Waals surface area contributed by atoms with Gasteiger partial charge in [-0.15, -0.1) is 0 Å². The van der Waals surface area contributed by atoms with Crippen LogP contribution < -0.4 is 16.2 Å². The molecule has 0 saturated heterocycles. The number of alkyl halides is 3. The van der Waals surface area contributed by atoms with Crippen LogP contribution >= 0.6 is 11.6 Å². The summed E-state index contributed by atoms with van der Waals surface area (Å²) in [5, 5.41) is 13.6. The number of nitrogens with one attached hydrogen (secondary N) is 3. The number of H-pyrrole nitrogens is 1. The molecule has 0 bridgehead atoms. The van der Waals surface area contributed by atoms with Crippen molar-refractivity contribution in [1.82, 2.24) is 20.1 Å². The number of carbonyl (C=O) groups excluding carboxylic acids is 1. The number of urea groups is 1. The number of amides is 2. The number of pyridine rings is 1. The first-order valence-corrected chi connectivity index (χ1v) is 8.69. The second kappa shape index (κ2) is 7.68. The summed E-state index contributed by atoms with van der Waals surface area (Å²) in [7, 11) is 0. The zero-order chi connectivity index (χ0) is 21.3. The normalized spacial score (nSPS) is 11.6. The third-order valence-electron chi connectivity index (χ3n) is 4.08. The Morgan fingerprint density at radius 3 is 2.79 bits per heavy atom. The lowest BCUT2D eigenvalue weighted by atomic mass is 10.2. The van der Waals surface area contributed by atoms with E-state index in [1.807, 2.05) is 0 Å². The summed E-state index contributed by atoms with van der Waals surface area (Å²) in [5.41, 5.74) is -1.52. The lowest BCUT2D eigenvalue weighted by Crippen LogP contribution is -2.86. The highest BCUT2D eigenvalue weighted by atomic mass is 35.5. The van der Waals surface area contributed by atoms with Crippen LogP contribution in [0.15, 0.2) is 29.2 Å². The molecule has 0 aliphatic carbocycles. The number of quaternary nitrogens is 1. The van der Waals surface area contributed by atoms with Crippen molar-refractivity contribution in [2.24, 2.45) is 0 Å². The van der Waals surface area contributed by atoms with Gasteiger partial charge in [-0.3, -0.25) is 9.89 Å². The molecular weight excluding hydrogens is 413 g/mol. The molecule has 0 aliphatic heterocycles. The molecule has 0 spiro atoms. The van der Waals surface area contributed by atoms with E-state index in [0.717, 1.165) is 23.0 Å². The molecule has 2 heterocycles. The summed E-state index contributed by atoms with van der Waals surface area (Å²) in [6.45, 7) is 2.13. The fourth-order valence-corrected chi connectivity index (χ4v) is 2.99. The summed E-state index contributed by atoms with van der Waals surface area (Å²) in [4.78, 5) is 28.5. The molecule has 5 N–H and O–H groups in total. The van der Waals surface area contributed by atoms with Crippen LogP contribution in [0.4, 0.5) is 23.8 Å². The number of aromatic nitrogens is 3. The highest BCUT2D eigenvalue weighted by Crippen LogP contribution is 2.35. The lowest BCUT2D eigenvalue weighted by Gasteiger charge is -2.11. The van der Waals surface area contributed by atoms with E-state index in [-0.39, 0.29) is 28.0 Å². The Labute approximate surface area is 166 Å². The van der Waals surface area contributed by atoms with Crippen LogP contribution in [-0.4, -0.2) is 33.6 Å². The van der Waals surface area contributed by atoms with E-state index in [9.17, 15) is 22.8 Å². The van der Waals surface area contributed by atoms with Crippen molar-refractivity contribution in [3.8, 4) is 5.69 Å². The average molecular weight is 428 g/mol. The second-order valence-corrected chi connectivity index (χ2v) is 6.35. The molecule has 29 heavy (non-hydrogen) atoms. The average Bonchev–Trinajstić information content (AvgIpc) is 2.98. The molecule has 2 aromatic heterocycles. The number of nitrogens with zero attached hydrogens (tertiary/aromatic N) is 2. The number of benzene rings is 1. The largest absolute Gasteiger partial charge is 0.419 e. The minimum atomic E-state index is -4.70. The molecule has 12 heteroatoms. The van der Waals surface area contributed by atoms with Gasteiger partial charge in [-0.1, -0.05) is 11.6 Å². The molecule has 0 atom stereocenters. The van der Waals surface area contributed by atoms with Crippen molar-refractivity contribution in [2.75, 3.05) is 6.54 Å². The van der Waals surface area contributed by atoms with E-state index in [1.54, 1.807) is 6.92 Å². The number of hydrogen-bond acceptors (Lipinski definition) is 4. The van der Waals surface area contributed by atoms with Crippen molar-refractivity contribution in [2.45, 2.75) is 13.1 Å². The maximum atomic E-state index is 13.1. The quantitative estimate of drug-likeness (QED) is 0.478. The van der Waals surface area contributed by atoms with Gasteiger partial charge in [-0.2, -0.15) is 13.2 Å². The molecule has 0 saturated carbocycles. The van der Waals surface area contributed by atoms with E-state index in [0.29, 0.717) is 6.54 Å². The zero-order valence-corrected chi connectivity index (χ0v) is 15.6. The first-order valence-electron chi connectivity index (χ1n) is 8.31. The number of fused-ring (bicyclic) bond motifs is 1. The van der Waals surface area contributed by atoms with E-state index in [4.69, 9.17) is 17.0 Å².